The Morgan fingerprint density at radius 2 is 2.37 bits per heavy atom. The van der Waals surface area contributed by atoms with Crippen LogP contribution in [0.2, 0.25) is 0 Å². The number of carboxylic acid groups (broad SMARTS) is 1. The predicted octanol–water partition coefficient (Wildman–Crippen LogP) is 1.88. The Morgan fingerprint density at radius 1 is 1.58 bits per heavy atom. The number of aromatic carboxylic acids is 1. The molecule has 2 heterocycles. The Labute approximate surface area is 118 Å². The normalized spacial score (nSPS) is 10.4. The van der Waals surface area contributed by atoms with Crippen LogP contribution in [0.5, 0.6) is 0 Å². The fraction of sp³-hybridized carbons (Fsp3) is 0.250. The predicted molar refractivity (Wildman–Crippen MR) is 74.4 cm³/mol. The number of imidazole rings is 1. The first-order chi connectivity index (χ1) is 9.08. The molecule has 0 amide bonds. The molecule has 0 aliphatic carbocycles. The largest absolute Gasteiger partial charge is 0.478 e. The van der Waals surface area contributed by atoms with Crippen molar-refractivity contribution in [1.82, 2.24) is 14.5 Å². The van der Waals surface area contributed by atoms with Crippen LogP contribution in [-0.2, 0) is 6.54 Å². The van der Waals surface area contributed by atoms with Gasteiger partial charge in [0.15, 0.2) is 0 Å². The summed E-state index contributed by atoms with van der Waals surface area (Å²) >= 11 is 3.23. The van der Waals surface area contributed by atoms with E-state index in [2.05, 4.69) is 25.9 Å². The van der Waals surface area contributed by atoms with Crippen LogP contribution in [0.15, 0.2) is 35.5 Å². The second-order valence-corrected chi connectivity index (χ2v) is 4.97. The number of hydrogen-bond donors (Lipinski definition) is 1. The molecule has 0 aliphatic heterocycles. The topological polar surface area (TPSA) is 71.2 Å². The van der Waals surface area contributed by atoms with Gasteiger partial charge in [0.05, 0.1) is 6.33 Å². The summed E-state index contributed by atoms with van der Waals surface area (Å²) in [7, 11) is 1.82. The van der Waals surface area contributed by atoms with E-state index in [1.54, 1.807) is 24.8 Å². The fourth-order valence-electron chi connectivity index (χ4n) is 1.68. The SMILES string of the molecule is CN(CCn1ccnc1)c1ncc(Br)cc1C(=O)O. The van der Waals surface area contributed by atoms with E-state index in [1.807, 2.05) is 22.7 Å². The number of likely N-dealkylation sites (N-methyl/N-ethyl adjacent to an activating group) is 1. The molecule has 0 aromatic carbocycles. The molecule has 2 aromatic rings. The number of anilines is 1. The van der Waals surface area contributed by atoms with E-state index in [1.165, 1.54) is 0 Å². The fourth-order valence-corrected chi connectivity index (χ4v) is 2.02. The summed E-state index contributed by atoms with van der Waals surface area (Å²) in [6.45, 7) is 1.36. The minimum atomic E-state index is -0.988. The number of rotatable bonds is 5. The van der Waals surface area contributed by atoms with Gasteiger partial charge in [-0.15, -0.1) is 0 Å². The molecule has 0 spiro atoms. The Morgan fingerprint density at radius 3 is 3.00 bits per heavy atom. The van der Waals surface area contributed by atoms with E-state index in [0.717, 1.165) is 0 Å². The zero-order valence-corrected chi connectivity index (χ0v) is 11.9. The highest BCUT2D eigenvalue weighted by atomic mass is 79.9. The number of halogens is 1. The van der Waals surface area contributed by atoms with Gasteiger partial charge >= 0.3 is 5.97 Å². The molecule has 1 N–H and O–H groups in total. The summed E-state index contributed by atoms with van der Waals surface area (Å²) < 4.78 is 2.58. The van der Waals surface area contributed by atoms with Crippen molar-refractivity contribution < 1.29 is 9.90 Å². The Kier molecular flexibility index (Phi) is 4.16. The zero-order valence-electron chi connectivity index (χ0n) is 10.3. The minimum absolute atomic E-state index is 0.183. The van der Waals surface area contributed by atoms with Gasteiger partial charge in [0.25, 0.3) is 0 Å². The monoisotopic (exact) mass is 324 g/mol. The Bertz CT molecular complexity index is 571. The highest BCUT2D eigenvalue weighted by Crippen LogP contribution is 2.20. The molecule has 0 radical (unpaired) electrons. The lowest BCUT2D eigenvalue weighted by molar-refractivity contribution is 0.0697. The third-order valence-electron chi connectivity index (χ3n) is 2.68. The molecule has 2 aromatic heterocycles. The first kappa shape index (κ1) is 13.5. The third-order valence-corrected chi connectivity index (χ3v) is 3.11. The molecule has 0 saturated heterocycles. The van der Waals surface area contributed by atoms with Gasteiger partial charge in [-0.25, -0.2) is 14.8 Å². The number of carbonyl (C=O) groups is 1. The minimum Gasteiger partial charge on any atom is -0.478 e. The van der Waals surface area contributed by atoms with Crippen molar-refractivity contribution in [3.8, 4) is 0 Å². The first-order valence-electron chi connectivity index (χ1n) is 5.63. The van der Waals surface area contributed by atoms with Gasteiger partial charge in [-0.05, 0) is 22.0 Å². The van der Waals surface area contributed by atoms with Gasteiger partial charge < -0.3 is 14.6 Å². The second-order valence-electron chi connectivity index (χ2n) is 4.05. The smallest absolute Gasteiger partial charge is 0.339 e. The summed E-state index contributed by atoms with van der Waals surface area (Å²) in [6, 6.07) is 1.55. The number of aromatic nitrogens is 3. The molecule has 0 aliphatic rings. The molecular formula is C12H13BrN4O2. The van der Waals surface area contributed by atoms with Gasteiger partial charge in [-0.2, -0.15) is 0 Å². The highest BCUT2D eigenvalue weighted by molar-refractivity contribution is 9.10. The number of nitrogens with zero attached hydrogens (tertiary/aromatic N) is 4. The van der Waals surface area contributed by atoms with E-state index in [0.29, 0.717) is 23.4 Å². The average molecular weight is 325 g/mol. The van der Waals surface area contributed by atoms with Crippen molar-refractivity contribution in [3.63, 3.8) is 0 Å². The molecule has 100 valence electrons. The van der Waals surface area contributed by atoms with Crippen LogP contribution in [0, 0.1) is 0 Å². The summed E-state index contributed by atoms with van der Waals surface area (Å²) in [5, 5.41) is 9.19. The molecule has 0 atom stereocenters. The van der Waals surface area contributed by atoms with E-state index in [4.69, 9.17) is 0 Å². The third kappa shape index (κ3) is 3.31. The van der Waals surface area contributed by atoms with Crippen LogP contribution in [0.3, 0.4) is 0 Å². The van der Waals surface area contributed by atoms with Crippen LogP contribution < -0.4 is 4.90 Å². The molecule has 2 rings (SSSR count). The van der Waals surface area contributed by atoms with Crippen LogP contribution in [0.4, 0.5) is 5.82 Å². The molecular weight excluding hydrogens is 312 g/mol. The maximum Gasteiger partial charge on any atom is 0.339 e. The quantitative estimate of drug-likeness (QED) is 0.909. The number of hydrogen-bond acceptors (Lipinski definition) is 4. The summed E-state index contributed by atoms with van der Waals surface area (Å²) in [5.74, 6) is -0.533. The van der Waals surface area contributed by atoms with Gasteiger partial charge in [0, 0.05) is 43.2 Å². The Hall–Kier alpha value is -1.89. The molecule has 0 saturated carbocycles. The maximum atomic E-state index is 11.2. The lowest BCUT2D eigenvalue weighted by atomic mass is 10.2. The Balaban J connectivity index is 2.14. The van der Waals surface area contributed by atoms with Crippen molar-refractivity contribution in [2.45, 2.75) is 6.54 Å². The molecule has 0 bridgehead atoms. The van der Waals surface area contributed by atoms with Crippen molar-refractivity contribution in [1.29, 1.82) is 0 Å². The summed E-state index contributed by atoms with van der Waals surface area (Å²) in [4.78, 5) is 21.2. The molecule has 0 fully saturated rings. The lowest BCUT2D eigenvalue weighted by Gasteiger charge is -2.20. The van der Waals surface area contributed by atoms with Gasteiger partial charge in [-0.3, -0.25) is 0 Å². The van der Waals surface area contributed by atoms with Gasteiger partial charge in [-0.1, -0.05) is 0 Å². The standard InChI is InChI=1S/C12H13BrN4O2/c1-16(4-5-17-3-2-14-8-17)11-10(12(18)19)6-9(13)7-15-11/h2-3,6-8H,4-5H2,1H3,(H,18,19). The number of pyridine rings is 1. The first-order valence-corrected chi connectivity index (χ1v) is 6.43. The maximum absolute atomic E-state index is 11.2. The lowest BCUT2D eigenvalue weighted by Crippen LogP contribution is -2.25. The van der Waals surface area contributed by atoms with Crippen LogP contribution >= 0.6 is 15.9 Å². The molecule has 7 heteroatoms. The van der Waals surface area contributed by atoms with Crippen LogP contribution in [0.25, 0.3) is 0 Å². The zero-order chi connectivity index (χ0) is 13.8. The van der Waals surface area contributed by atoms with Gasteiger partial charge in [0.2, 0.25) is 0 Å². The van der Waals surface area contributed by atoms with E-state index in [9.17, 15) is 9.90 Å². The summed E-state index contributed by atoms with van der Waals surface area (Å²) in [5.41, 5.74) is 0.183. The van der Waals surface area contributed by atoms with Crippen molar-refractivity contribution in [2.24, 2.45) is 0 Å². The van der Waals surface area contributed by atoms with Crippen molar-refractivity contribution >= 4 is 27.7 Å². The van der Waals surface area contributed by atoms with E-state index < -0.39 is 5.97 Å². The van der Waals surface area contributed by atoms with Crippen LogP contribution in [0.1, 0.15) is 10.4 Å². The van der Waals surface area contributed by atoms with Gasteiger partial charge in [0.1, 0.15) is 11.4 Å². The van der Waals surface area contributed by atoms with Crippen molar-refractivity contribution in [2.75, 3.05) is 18.5 Å². The average Bonchev–Trinajstić information content (AvgIpc) is 2.88. The van der Waals surface area contributed by atoms with E-state index >= 15 is 0 Å². The van der Waals surface area contributed by atoms with E-state index in [-0.39, 0.29) is 5.56 Å². The number of carboxylic acids is 1. The molecule has 0 unspecified atom stereocenters. The highest BCUT2D eigenvalue weighted by Gasteiger charge is 2.15. The van der Waals surface area contributed by atoms with Crippen molar-refractivity contribution in [3.05, 3.63) is 41.0 Å². The molecule has 6 nitrogen and oxygen atoms in total. The van der Waals surface area contributed by atoms with Crippen LogP contribution in [-0.4, -0.2) is 39.2 Å². The summed E-state index contributed by atoms with van der Waals surface area (Å²) in [6.07, 6.45) is 6.89. The second kappa shape index (κ2) is 5.83. The molecule has 19 heavy (non-hydrogen) atoms.